The molecule has 0 aliphatic heterocycles. The van der Waals surface area contributed by atoms with Gasteiger partial charge in [-0.25, -0.2) is 0 Å². The van der Waals surface area contributed by atoms with E-state index in [0.717, 1.165) is 37.1 Å². The quantitative estimate of drug-likeness (QED) is 0.337. The van der Waals surface area contributed by atoms with E-state index < -0.39 is 8.56 Å². The van der Waals surface area contributed by atoms with Gasteiger partial charge in [-0.1, -0.05) is 25.5 Å². The first-order valence-corrected chi connectivity index (χ1v) is 8.15. The van der Waals surface area contributed by atoms with Gasteiger partial charge in [-0.2, -0.15) is 0 Å². The summed E-state index contributed by atoms with van der Waals surface area (Å²) in [6.07, 6.45) is 2.11. The van der Waals surface area contributed by atoms with Crippen LogP contribution in [0.1, 0.15) is 26.7 Å². The second kappa shape index (κ2) is 8.93. The first kappa shape index (κ1) is 15.8. The van der Waals surface area contributed by atoms with Crippen molar-refractivity contribution >= 4 is 8.56 Å². The minimum atomic E-state index is -1.92. The summed E-state index contributed by atoms with van der Waals surface area (Å²) in [7, 11) is 1.60. The van der Waals surface area contributed by atoms with Crippen LogP contribution in [0.2, 0.25) is 12.1 Å². The maximum Gasteiger partial charge on any atom is 0.337 e. The van der Waals surface area contributed by atoms with Crippen molar-refractivity contribution in [2.45, 2.75) is 38.8 Å². The van der Waals surface area contributed by atoms with Gasteiger partial charge >= 0.3 is 8.56 Å². The van der Waals surface area contributed by atoms with Crippen molar-refractivity contribution in [2.75, 3.05) is 27.4 Å². The van der Waals surface area contributed by atoms with Gasteiger partial charge < -0.3 is 13.6 Å². The Bertz CT molecular complexity index is 191. The highest BCUT2D eigenvalue weighted by atomic mass is 28.4. The fraction of sp³-hybridized carbons (Fsp3) is 0.833. The van der Waals surface area contributed by atoms with Crippen molar-refractivity contribution in [3.05, 3.63) is 12.2 Å². The second-order valence-electron chi connectivity index (χ2n) is 4.18. The van der Waals surface area contributed by atoms with Gasteiger partial charge in [-0.15, -0.1) is 0 Å². The zero-order valence-electron chi connectivity index (χ0n) is 11.2. The predicted molar refractivity (Wildman–Crippen MR) is 69.9 cm³/mol. The lowest BCUT2D eigenvalue weighted by Crippen LogP contribution is -2.39. The summed E-state index contributed by atoms with van der Waals surface area (Å²) in [4.78, 5) is 0. The Morgan fingerprint density at radius 1 is 1.19 bits per heavy atom. The van der Waals surface area contributed by atoms with Gasteiger partial charge in [0, 0.05) is 20.8 Å². The van der Waals surface area contributed by atoms with Crippen LogP contribution in [0.5, 0.6) is 0 Å². The van der Waals surface area contributed by atoms with Gasteiger partial charge in [-0.3, -0.25) is 0 Å². The van der Waals surface area contributed by atoms with E-state index in [9.17, 15) is 0 Å². The van der Waals surface area contributed by atoms with E-state index in [4.69, 9.17) is 13.6 Å². The van der Waals surface area contributed by atoms with E-state index in [1.165, 1.54) is 0 Å². The third-order valence-electron chi connectivity index (χ3n) is 2.57. The Morgan fingerprint density at radius 3 is 2.25 bits per heavy atom. The van der Waals surface area contributed by atoms with Gasteiger partial charge in [0.1, 0.15) is 0 Å². The first-order chi connectivity index (χ1) is 7.60. The molecule has 96 valence electrons. The second-order valence-corrected chi connectivity index (χ2v) is 7.82. The highest BCUT2D eigenvalue weighted by molar-refractivity contribution is 6.67. The third-order valence-corrected chi connectivity index (χ3v) is 6.43. The number of hydrogen-bond acceptors (Lipinski definition) is 3. The summed E-state index contributed by atoms with van der Waals surface area (Å²) < 4.78 is 16.7. The zero-order valence-corrected chi connectivity index (χ0v) is 12.2. The minimum absolute atomic E-state index is 0.655. The van der Waals surface area contributed by atoms with Crippen LogP contribution in [0.4, 0.5) is 0 Å². The van der Waals surface area contributed by atoms with Crippen molar-refractivity contribution in [1.82, 2.24) is 0 Å². The smallest absolute Gasteiger partial charge is 0.337 e. The van der Waals surface area contributed by atoms with Gasteiger partial charge in [0.2, 0.25) is 0 Å². The van der Waals surface area contributed by atoms with E-state index in [2.05, 4.69) is 13.5 Å². The van der Waals surface area contributed by atoms with Crippen LogP contribution in [0, 0.1) is 0 Å². The Labute approximate surface area is 101 Å². The van der Waals surface area contributed by atoms with Crippen LogP contribution in [0.25, 0.3) is 0 Å². The summed E-state index contributed by atoms with van der Waals surface area (Å²) in [5, 5.41) is 0. The van der Waals surface area contributed by atoms with Gasteiger partial charge in [0.05, 0.1) is 6.61 Å². The predicted octanol–water partition coefficient (Wildman–Crippen LogP) is 3.11. The SMILES string of the molecule is C=C(C)COCCC[Si](CCC)(OC)OC. The molecule has 0 N–H and O–H groups in total. The molecule has 0 bridgehead atoms. The average Bonchev–Trinajstić information content (AvgIpc) is 2.27. The number of rotatable bonds is 10. The summed E-state index contributed by atoms with van der Waals surface area (Å²) in [6.45, 7) is 9.35. The summed E-state index contributed by atoms with van der Waals surface area (Å²) in [6, 6.07) is 2.06. The maximum absolute atomic E-state index is 5.60. The largest absolute Gasteiger partial charge is 0.398 e. The molecule has 0 radical (unpaired) electrons. The molecule has 3 nitrogen and oxygen atoms in total. The van der Waals surface area contributed by atoms with Crippen molar-refractivity contribution in [3.8, 4) is 0 Å². The van der Waals surface area contributed by atoms with E-state index in [1.54, 1.807) is 14.2 Å². The summed E-state index contributed by atoms with van der Waals surface area (Å²) in [5.74, 6) is 0. The zero-order chi connectivity index (χ0) is 12.4. The minimum Gasteiger partial charge on any atom is -0.398 e. The van der Waals surface area contributed by atoms with Crippen LogP contribution < -0.4 is 0 Å². The molecule has 0 aromatic carbocycles. The maximum atomic E-state index is 5.60. The third kappa shape index (κ3) is 6.43. The molecule has 0 heterocycles. The monoisotopic (exact) mass is 246 g/mol. The van der Waals surface area contributed by atoms with Gasteiger partial charge in [0.25, 0.3) is 0 Å². The lowest BCUT2D eigenvalue weighted by atomic mass is 10.4. The van der Waals surface area contributed by atoms with Crippen LogP contribution in [0.3, 0.4) is 0 Å². The van der Waals surface area contributed by atoms with E-state index in [-0.39, 0.29) is 0 Å². The molecule has 0 fully saturated rings. The van der Waals surface area contributed by atoms with E-state index in [1.807, 2.05) is 6.92 Å². The normalized spacial score (nSPS) is 11.8. The lowest BCUT2D eigenvalue weighted by Gasteiger charge is -2.26. The average molecular weight is 246 g/mol. The fourth-order valence-corrected chi connectivity index (χ4v) is 4.37. The molecule has 16 heavy (non-hydrogen) atoms. The van der Waals surface area contributed by atoms with Crippen LogP contribution in [0.15, 0.2) is 12.2 Å². The molecular formula is C12H26O3Si. The van der Waals surface area contributed by atoms with Crippen molar-refractivity contribution in [1.29, 1.82) is 0 Å². The van der Waals surface area contributed by atoms with E-state index in [0.29, 0.717) is 6.61 Å². The molecule has 0 aliphatic rings. The Balaban J connectivity index is 3.79. The Morgan fingerprint density at radius 2 is 1.81 bits per heavy atom. The van der Waals surface area contributed by atoms with Crippen LogP contribution in [-0.4, -0.2) is 36.0 Å². The van der Waals surface area contributed by atoms with E-state index >= 15 is 0 Å². The summed E-state index contributed by atoms with van der Waals surface area (Å²) in [5.41, 5.74) is 1.07. The van der Waals surface area contributed by atoms with Crippen molar-refractivity contribution in [2.24, 2.45) is 0 Å². The molecule has 0 amide bonds. The molecule has 0 saturated heterocycles. The topological polar surface area (TPSA) is 27.7 Å². The highest BCUT2D eigenvalue weighted by Crippen LogP contribution is 2.21. The molecule has 4 heteroatoms. The molecule has 0 saturated carbocycles. The molecule has 0 rings (SSSR count). The van der Waals surface area contributed by atoms with Crippen LogP contribution >= 0.6 is 0 Å². The molecule has 0 aliphatic carbocycles. The standard InChI is InChI=1S/C12H26O3Si/c1-6-9-16(13-4,14-5)10-7-8-15-11-12(2)3/h2,6-11H2,1,3-5H3. The van der Waals surface area contributed by atoms with Crippen molar-refractivity contribution < 1.29 is 13.6 Å². The summed E-state index contributed by atoms with van der Waals surface area (Å²) >= 11 is 0. The molecule has 0 spiro atoms. The van der Waals surface area contributed by atoms with Gasteiger partial charge in [0.15, 0.2) is 0 Å². The van der Waals surface area contributed by atoms with Gasteiger partial charge in [-0.05, 0) is 25.4 Å². The molecule has 0 unspecified atom stereocenters. The van der Waals surface area contributed by atoms with Crippen LogP contribution in [-0.2, 0) is 13.6 Å². The molecule has 0 aromatic heterocycles. The first-order valence-electron chi connectivity index (χ1n) is 5.92. The number of ether oxygens (including phenoxy) is 1. The fourth-order valence-electron chi connectivity index (χ4n) is 1.69. The number of hydrogen-bond donors (Lipinski definition) is 0. The molecule has 0 aromatic rings. The molecule has 0 atom stereocenters. The highest BCUT2D eigenvalue weighted by Gasteiger charge is 2.33. The molecular weight excluding hydrogens is 220 g/mol. The Kier molecular flexibility index (Phi) is 8.84. The Hall–Kier alpha value is -0.163. The lowest BCUT2D eigenvalue weighted by molar-refractivity contribution is 0.152. The van der Waals surface area contributed by atoms with Crippen molar-refractivity contribution in [3.63, 3.8) is 0 Å².